The zero-order valence-electron chi connectivity index (χ0n) is 17.1. The van der Waals surface area contributed by atoms with E-state index in [4.69, 9.17) is 4.74 Å². The highest BCUT2D eigenvalue weighted by molar-refractivity contribution is 7.99. The number of nitrogens with one attached hydrogen (secondary N) is 1. The molecule has 0 saturated heterocycles. The zero-order valence-corrected chi connectivity index (χ0v) is 17.9. The predicted molar refractivity (Wildman–Crippen MR) is 112 cm³/mol. The lowest BCUT2D eigenvalue weighted by molar-refractivity contribution is -0.113. The number of nitrogens with zero attached hydrogens (tertiary/aromatic N) is 3. The largest absolute Gasteiger partial charge is 0.480 e. The van der Waals surface area contributed by atoms with E-state index in [2.05, 4.69) is 15.5 Å². The molecule has 1 unspecified atom stereocenters. The molecule has 31 heavy (non-hydrogen) atoms. The van der Waals surface area contributed by atoms with Gasteiger partial charge in [0.25, 0.3) is 0 Å². The number of hydrogen-bond donors (Lipinski definition) is 1. The van der Waals surface area contributed by atoms with E-state index in [0.29, 0.717) is 22.2 Å². The highest BCUT2D eigenvalue weighted by Gasteiger charge is 2.19. The van der Waals surface area contributed by atoms with E-state index in [-0.39, 0.29) is 23.2 Å². The van der Waals surface area contributed by atoms with Crippen molar-refractivity contribution in [3.63, 3.8) is 0 Å². The first-order valence-corrected chi connectivity index (χ1v) is 10.3. The first-order valence-electron chi connectivity index (χ1n) is 9.29. The second-order valence-corrected chi connectivity index (χ2v) is 7.65. The monoisotopic (exact) mass is 446 g/mol. The van der Waals surface area contributed by atoms with E-state index >= 15 is 0 Å². The summed E-state index contributed by atoms with van der Waals surface area (Å²) in [4.78, 5) is 23.5. The number of aromatic nitrogens is 3. The molecule has 7 nitrogen and oxygen atoms in total. The van der Waals surface area contributed by atoms with Crippen molar-refractivity contribution in [3.8, 4) is 5.75 Å². The van der Waals surface area contributed by atoms with Crippen LogP contribution >= 0.6 is 11.8 Å². The van der Waals surface area contributed by atoms with Crippen molar-refractivity contribution < 1.29 is 23.1 Å². The van der Waals surface area contributed by atoms with Gasteiger partial charge >= 0.3 is 0 Å². The summed E-state index contributed by atoms with van der Waals surface area (Å²) in [5.74, 6) is -1.38. The van der Waals surface area contributed by atoms with Crippen molar-refractivity contribution in [1.29, 1.82) is 0 Å². The molecule has 1 atom stereocenters. The summed E-state index contributed by atoms with van der Waals surface area (Å²) in [6, 6.07) is 9.67. The fourth-order valence-corrected chi connectivity index (χ4v) is 3.45. The molecule has 1 amide bonds. The molecule has 0 fully saturated rings. The lowest BCUT2D eigenvalue weighted by Gasteiger charge is -2.14. The van der Waals surface area contributed by atoms with E-state index in [0.717, 1.165) is 12.1 Å². The Labute approximate surface area is 181 Å². The Balaban J connectivity index is 1.58. The third-order valence-corrected chi connectivity index (χ3v) is 5.36. The normalized spacial score (nSPS) is 11.8. The van der Waals surface area contributed by atoms with Gasteiger partial charge in [-0.1, -0.05) is 11.8 Å². The maximum Gasteiger partial charge on any atom is 0.234 e. The number of benzene rings is 2. The minimum absolute atomic E-state index is 0.0492. The molecule has 0 radical (unpaired) electrons. The molecular formula is C21H20F2N4O3S. The summed E-state index contributed by atoms with van der Waals surface area (Å²) >= 11 is 1.18. The molecule has 10 heteroatoms. The number of rotatable bonds is 8. The van der Waals surface area contributed by atoms with Gasteiger partial charge < -0.3 is 14.6 Å². The second-order valence-electron chi connectivity index (χ2n) is 6.71. The van der Waals surface area contributed by atoms with Crippen molar-refractivity contribution in [1.82, 2.24) is 14.8 Å². The predicted octanol–water partition coefficient (Wildman–Crippen LogP) is 4.17. The van der Waals surface area contributed by atoms with E-state index in [1.54, 1.807) is 42.8 Å². The maximum absolute atomic E-state index is 13.8. The molecular weight excluding hydrogens is 426 g/mol. The number of amides is 1. The zero-order chi connectivity index (χ0) is 22.5. The van der Waals surface area contributed by atoms with Gasteiger partial charge in [0.2, 0.25) is 5.91 Å². The Morgan fingerprint density at radius 1 is 1.16 bits per heavy atom. The van der Waals surface area contributed by atoms with Crippen LogP contribution in [0.4, 0.5) is 14.5 Å². The van der Waals surface area contributed by atoms with Crippen molar-refractivity contribution in [2.24, 2.45) is 7.05 Å². The van der Waals surface area contributed by atoms with Crippen molar-refractivity contribution in [2.75, 3.05) is 11.1 Å². The topological polar surface area (TPSA) is 86.1 Å². The van der Waals surface area contributed by atoms with Gasteiger partial charge in [0, 0.05) is 24.4 Å². The average Bonchev–Trinajstić information content (AvgIpc) is 3.09. The van der Waals surface area contributed by atoms with Gasteiger partial charge in [0.1, 0.15) is 5.82 Å². The molecule has 1 aromatic heterocycles. The Hall–Kier alpha value is -3.27. The fourth-order valence-electron chi connectivity index (χ4n) is 2.74. The average molecular weight is 446 g/mol. The third kappa shape index (κ3) is 5.66. The van der Waals surface area contributed by atoms with Gasteiger partial charge in [0.05, 0.1) is 5.75 Å². The fraction of sp³-hybridized carbons (Fsp3) is 0.238. The van der Waals surface area contributed by atoms with Gasteiger partial charge in [-0.3, -0.25) is 9.59 Å². The first-order chi connectivity index (χ1) is 14.7. The van der Waals surface area contributed by atoms with Crippen LogP contribution in [0.1, 0.15) is 36.1 Å². The quantitative estimate of drug-likeness (QED) is 0.413. The Morgan fingerprint density at radius 3 is 2.52 bits per heavy atom. The number of ketones is 1. The van der Waals surface area contributed by atoms with Gasteiger partial charge in [-0.25, -0.2) is 8.78 Å². The summed E-state index contributed by atoms with van der Waals surface area (Å²) < 4.78 is 34.0. The van der Waals surface area contributed by atoms with E-state index in [1.807, 2.05) is 0 Å². The number of thioether (sulfide) groups is 1. The summed E-state index contributed by atoms with van der Waals surface area (Å²) in [5.41, 5.74) is 1.15. The molecule has 0 aliphatic rings. The highest BCUT2D eigenvalue weighted by atomic mass is 32.2. The molecule has 3 rings (SSSR count). The Bertz CT molecular complexity index is 1100. The van der Waals surface area contributed by atoms with Gasteiger partial charge in [-0.05, 0) is 50.2 Å². The van der Waals surface area contributed by atoms with Crippen LogP contribution < -0.4 is 10.1 Å². The molecule has 162 valence electrons. The number of carbonyl (C=O) groups excluding carboxylic acids is 2. The Morgan fingerprint density at radius 2 is 1.87 bits per heavy atom. The first kappa shape index (κ1) is 22.4. The minimum atomic E-state index is -0.809. The number of anilines is 1. The number of ether oxygens (including phenoxy) is 1. The van der Waals surface area contributed by atoms with Gasteiger partial charge in [-0.2, -0.15) is 0 Å². The van der Waals surface area contributed by atoms with Crippen molar-refractivity contribution in [2.45, 2.75) is 25.1 Å². The van der Waals surface area contributed by atoms with Crippen molar-refractivity contribution in [3.05, 3.63) is 65.5 Å². The number of halogens is 2. The van der Waals surface area contributed by atoms with Crippen LogP contribution in [0, 0.1) is 11.6 Å². The molecule has 3 aromatic rings. The van der Waals surface area contributed by atoms with E-state index in [9.17, 15) is 18.4 Å². The summed E-state index contributed by atoms with van der Waals surface area (Å²) in [5, 5.41) is 11.3. The third-order valence-electron chi connectivity index (χ3n) is 4.34. The maximum atomic E-state index is 13.8. The molecule has 0 saturated carbocycles. The molecule has 0 bridgehead atoms. The molecule has 1 N–H and O–H groups in total. The molecule has 0 spiro atoms. The molecule has 0 aliphatic heterocycles. The SMILES string of the molecule is CC(=O)c1ccc(NC(=O)CSc2nnc(C(C)Oc3ccc(F)cc3F)n2C)cc1. The number of carbonyl (C=O) groups is 2. The molecule has 0 aliphatic carbocycles. The van der Waals surface area contributed by atoms with Crippen LogP contribution in [-0.2, 0) is 11.8 Å². The van der Waals surface area contributed by atoms with E-state index < -0.39 is 17.7 Å². The van der Waals surface area contributed by atoms with Crippen LogP contribution in [0.3, 0.4) is 0 Å². The van der Waals surface area contributed by atoms with Gasteiger partial charge in [-0.15, -0.1) is 10.2 Å². The van der Waals surface area contributed by atoms with Crippen LogP contribution in [0.2, 0.25) is 0 Å². The molecule has 1 heterocycles. The summed E-state index contributed by atoms with van der Waals surface area (Å²) in [6.07, 6.45) is -0.652. The Kier molecular flexibility index (Phi) is 7.01. The van der Waals surface area contributed by atoms with E-state index in [1.165, 1.54) is 24.8 Å². The second kappa shape index (κ2) is 9.69. The number of Topliss-reactive ketones (excluding diaryl/α,β-unsaturated/α-hetero) is 1. The lowest BCUT2D eigenvalue weighted by atomic mass is 10.1. The van der Waals surface area contributed by atoms with Crippen LogP contribution in [-0.4, -0.2) is 32.2 Å². The number of hydrogen-bond acceptors (Lipinski definition) is 6. The summed E-state index contributed by atoms with van der Waals surface area (Å²) in [6.45, 7) is 3.14. The van der Waals surface area contributed by atoms with Crippen molar-refractivity contribution >= 4 is 29.1 Å². The highest BCUT2D eigenvalue weighted by Crippen LogP contribution is 2.26. The van der Waals surface area contributed by atoms with Crippen LogP contribution in [0.25, 0.3) is 0 Å². The smallest absolute Gasteiger partial charge is 0.234 e. The lowest BCUT2D eigenvalue weighted by Crippen LogP contribution is -2.15. The van der Waals surface area contributed by atoms with Crippen LogP contribution in [0.5, 0.6) is 5.75 Å². The van der Waals surface area contributed by atoms with Gasteiger partial charge in [0.15, 0.2) is 34.4 Å². The van der Waals surface area contributed by atoms with Crippen LogP contribution in [0.15, 0.2) is 47.6 Å². The minimum Gasteiger partial charge on any atom is -0.480 e. The molecule has 2 aromatic carbocycles. The standard InChI is InChI=1S/C21H20F2N4O3S/c1-12(28)14-4-7-16(8-5-14)24-19(29)11-31-21-26-25-20(27(21)3)13(2)30-18-9-6-15(22)10-17(18)23/h4-10,13H,11H2,1-3H3,(H,24,29). The summed E-state index contributed by atoms with van der Waals surface area (Å²) in [7, 11) is 1.71.